The summed E-state index contributed by atoms with van der Waals surface area (Å²) in [5.41, 5.74) is 0.538. The highest BCUT2D eigenvalue weighted by molar-refractivity contribution is 6.35. The summed E-state index contributed by atoms with van der Waals surface area (Å²) in [4.78, 5) is 14.3. The number of nitrogens with one attached hydrogen (secondary N) is 1. The van der Waals surface area contributed by atoms with Gasteiger partial charge in [0, 0.05) is 23.6 Å². The van der Waals surface area contributed by atoms with Crippen LogP contribution >= 0.6 is 35.6 Å². The molecule has 2 atom stereocenters. The van der Waals surface area contributed by atoms with E-state index in [1.807, 2.05) is 0 Å². The van der Waals surface area contributed by atoms with E-state index >= 15 is 0 Å². The fourth-order valence-corrected chi connectivity index (χ4v) is 3.80. The van der Waals surface area contributed by atoms with Crippen LogP contribution in [0.5, 0.6) is 0 Å². The molecule has 1 aromatic rings. The first-order valence-electron chi connectivity index (χ1n) is 8.29. The molecule has 0 aromatic heterocycles. The first-order chi connectivity index (χ1) is 11.5. The van der Waals surface area contributed by atoms with E-state index in [1.165, 1.54) is 12.1 Å². The van der Waals surface area contributed by atoms with Gasteiger partial charge in [0.15, 0.2) is 0 Å². The summed E-state index contributed by atoms with van der Waals surface area (Å²) in [6.45, 7) is 3.41. The van der Waals surface area contributed by atoms with Gasteiger partial charge in [-0.2, -0.15) is 0 Å². The molecule has 1 amide bonds. The number of carbonyl (C=O) groups excluding carboxylic acids is 1. The Morgan fingerprint density at radius 2 is 2.16 bits per heavy atom. The van der Waals surface area contributed by atoms with E-state index in [1.54, 1.807) is 4.90 Å². The highest BCUT2D eigenvalue weighted by atomic mass is 35.5. The SMILES string of the molecule is Cl.O=C(CCC1CCNC1)N1CCOC(c2cc(F)c(Cl)cc2Cl)C1. The van der Waals surface area contributed by atoms with Crippen molar-refractivity contribution >= 4 is 41.5 Å². The van der Waals surface area contributed by atoms with Gasteiger partial charge < -0.3 is 15.0 Å². The molecule has 2 unspecified atom stereocenters. The number of ether oxygens (including phenoxy) is 1. The molecule has 2 saturated heterocycles. The Morgan fingerprint density at radius 3 is 2.88 bits per heavy atom. The van der Waals surface area contributed by atoms with Crippen molar-refractivity contribution in [1.82, 2.24) is 10.2 Å². The monoisotopic (exact) mass is 410 g/mol. The van der Waals surface area contributed by atoms with E-state index < -0.39 is 11.9 Å². The minimum atomic E-state index is -0.531. The van der Waals surface area contributed by atoms with Crippen LogP contribution in [0.3, 0.4) is 0 Å². The number of amides is 1. The van der Waals surface area contributed by atoms with Crippen molar-refractivity contribution in [2.75, 3.05) is 32.8 Å². The number of benzene rings is 1. The number of nitrogens with zero attached hydrogens (tertiary/aromatic N) is 1. The van der Waals surface area contributed by atoms with Gasteiger partial charge >= 0.3 is 0 Å². The smallest absolute Gasteiger partial charge is 0.222 e. The molecule has 140 valence electrons. The van der Waals surface area contributed by atoms with E-state index in [4.69, 9.17) is 27.9 Å². The highest BCUT2D eigenvalue weighted by Crippen LogP contribution is 2.32. The lowest BCUT2D eigenvalue weighted by molar-refractivity contribution is -0.139. The molecular formula is C17H22Cl3FN2O2. The van der Waals surface area contributed by atoms with Crippen molar-refractivity contribution in [2.45, 2.75) is 25.4 Å². The number of carbonyl (C=O) groups is 1. The van der Waals surface area contributed by atoms with Crippen molar-refractivity contribution in [3.63, 3.8) is 0 Å². The molecule has 0 aliphatic carbocycles. The van der Waals surface area contributed by atoms with Crippen LogP contribution in [0, 0.1) is 11.7 Å². The van der Waals surface area contributed by atoms with E-state index in [0.717, 1.165) is 25.9 Å². The van der Waals surface area contributed by atoms with E-state index in [0.29, 0.717) is 42.6 Å². The number of morpholine rings is 1. The first kappa shape index (κ1) is 20.7. The Hall–Kier alpha value is -0.590. The van der Waals surface area contributed by atoms with Crippen LogP contribution in [0.1, 0.15) is 30.9 Å². The molecule has 3 rings (SSSR count). The van der Waals surface area contributed by atoms with Gasteiger partial charge in [-0.05, 0) is 44.0 Å². The van der Waals surface area contributed by atoms with Crippen LogP contribution in [-0.2, 0) is 9.53 Å². The molecule has 2 heterocycles. The quantitative estimate of drug-likeness (QED) is 0.765. The normalized spacial score (nSPS) is 23.4. The van der Waals surface area contributed by atoms with Crippen LogP contribution in [-0.4, -0.2) is 43.6 Å². The van der Waals surface area contributed by atoms with Gasteiger partial charge in [-0.3, -0.25) is 4.79 Å². The summed E-state index contributed by atoms with van der Waals surface area (Å²) in [6, 6.07) is 2.68. The summed E-state index contributed by atoms with van der Waals surface area (Å²) >= 11 is 11.9. The fraction of sp³-hybridized carbons (Fsp3) is 0.588. The molecule has 4 nitrogen and oxygen atoms in total. The zero-order valence-electron chi connectivity index (χ0n) is 13.8. The minimum absolute atomic E-state index is 0. The Morgan fingerprint density at radius 1 is 1.36 bits per heavy atom. The van der Waals surface area contributed by atoms with Crippen molar-refractivity contribution in [3.8, 4) is 0 Å². The largest absolute Gasteiger partial charge is 0.370 e. The van der Waals surface area contributed by atoms with Crippen LogP contribution < -0.4 is 5.32 Å². The molecule has 0 saturated carbocycles. The molecule has 0 radical (unpaired) electrons. The highest BCUT2D eigenvalue weighted by Gasteiger charge is 2.28. The summed E-state index contributed by atoms with van der Waals surface area (Å²) in [5, 5.41) is 3.66. The molecule has 0 spiro atoms. The molecule has 1 aromatic carbocycles. The predicted molar refractivity (Wildman–Crippen MR) is 99.2 cm³/mol. The van der Waals surface area contributed by atoms with E-state index in [-0.39, 0.29) is 23.3 Å². The van der Waals surface area contributed by atoms with Crippen molar-refractivity contribution < 1.29 is 13.9 Å². The second-order valence-electron chi connectivity index (χ2n) is 6.38. The maximum atomic E-state index is 13.7. The number of halogens is 4. The molecule has 2 fully saturated rings. The molecule has 2 aliphatic rings. The summed E-state index contributed by atoms with van der Waals surface area (Å²) in [5.74, 6) is 0.184. The topological polar surface area (TPSA) is 41.6 Å². The Kier molecular flexibility index (Phi) is 7.77. The van der Waals surface area contributed by atoms with Crippen LogP contribution in [0.2, 0.25) is 10.0 Å². The Balaban J connectivity index is 0.00000225. The van der Waals surface area contributed by atoms with Gasteiger partial charge in [-0.15, -0.1) is 12.4 Å². The minimum Gasteiger partial charge on any atom is -0.370 e. The number of hydrogen-bond donors (Lipinski definition) is 1. The van der Waals surface area contributed by atoms with Crippen molar-refractivity contribution in [1.29, 1.82) is 0 Å². The van der Waals surface area contributed by atoms with Crippen molar-refractivity contribution in [3.05, 3.63) is 33.6 Å². The Bertz CT molecular complexity index is 612. The van der Waals surface area contributed by atoms with E-state index in [2.05, 4.69) is 5.32 Å². The third-order valence-corrected chi connectivity index (χ3v) is 5.35. The molecule has 8 heteroatoms. The molecule has 2 aliphatic heterocycles. The van der Waals surface area contributed by atoms with Crippen LogP contribution in [0.15, 0.2) is 12.1 Å². The molecule has 25 heavy (non-hydrogen) atoms. The lowest BCUT2D eigenvalue weighted by atomic mass is 10.0. The van der Waals surface area contributed by atoms with Gasteiger partial charge in [-0.1, -0.05) is 23.2 Å². The molecule has 0 bridgehead atoms. The zero-order chi connectivity index (χ0) is 17.1. The van der Waals surface area contributed by atoms with Crippen molar-refractivity contribution in [2.24, 2.45) is 5.92 Å². The van der Waals surface area contributed by atoms with Crippen LogP contribution in [0.4, 0.5) is 4.39 Å². The van der Waals surface area contributed by atoms with Gasteiger partial charge in [0.05, 0.1) is 18.2 Å². The first-order valence-corrected chi connectivity index (χ1v) is 9.04. The summed E-state index contributed by atoms with van der Waals surface area (Å²) in [6.07, 6.45) is 2.17. The molecular weight excluding hydrogens is 390 g/mol. The van der Waals surface area contributed by atoms with Gasteiger partial charge in [-0.25, -0.2) is 4.39 Å². The number of rotatable bonds is 4. The average Bonchev–Trinajstić information content (AvgIpc) is 3.09. The van der Waals surface area contributed by atoms with Gasteiger partial charge in [0.1, 0.15) is 11.9 Å². The van der Waals surface area contributed by atoms with Gasteiger partial charge in [0.2, 0.25) is 5.91 Å². The second kappa shape index (κ2) is 9.38. The van der Waals surface area contributed by atoms with E-state index in [9.17, 15) is 9.18 Å². The standard InChI is InChI=1S/C17H21Cl2FN2O2.ClH/c18-13-8-14(19)15(20)7-12(13)16-10-22(5-6-24-16)17(23)2-1-11-3-4-21-9-11;/h7-8,11,16,21H,1-6,9-10H2;1H. The third kappa shape index (κ3) is 5.20. The summed E-state index contributed by atoms with van der Waals surface area (Å²) in [7, 11) is 0. The second-order valence-corrected chi connectivity index (χ2v) is 7.20. The summed E-state index contributed by atoms with van der Waals surface area (Å²) < 4.78 is 19.4. The number of hydrogen-bond acceptors (Lipinski definition) is 3. The Labute approximate surface area is 163 Å². The van der Waals surface area contributed by atoms with Gasteiger partial charge in [0.25, 0.3) is 0 Å². The molecule has 1 N–H and O–H groups in total. The van der Waals surface area contributed by atoms with Crippen LogP contribution in [0.25, 0.3) is 0 Å². The maximum Gasteiger partial charge on any atom is 0.222 e. The average molecular weight is 412 g/mol. The lowest BCUT2D eigenvalue weighted by Crippen LogP contribution is -2.42. The third-order valence-electron chi connectivity index (χ3n) is 4.73. The predicted octanol–water partition coefficient (Wildman–Crippen LogP) is 3.84. The zero-order valence-corrected chi connectivity index (χ0v) is 16.1. The lowest BCUT2D eigenvalue weighted by Gasteiger charge is -2.34. The fourth-order valence-electron chi connectivity index (χ4n) is 3.30. The maximum absolute atomic E-state index is 13.7.